The van der Waals surface area contributed by atoms with Crippen molar-refractivity contribution in [2.75, 3.05) is 19.6 Å². The lowest BCUT2D eigenvalue weighted by molar-refractivity contribution is 0.0322. The fourth-order valence-electron chi connectivity index (χ4n) is 4.09. The second-order valence-corrected chi connectivity index (χ2v) is 6.33. The van der Waals surface area contributed by atoms with Gasteiger partial charge in [-0.05, 0) is 43.5 Å². The average Bonchev–Trinajstić information content (AvgIpc) is 3.16. The summed E-state index contributed by atoms with van der Waals surface area (Å²) >= 11 is 0. The molecule has 5 rings (SSSR count). The van der Waals surface area contributed by atoms with Crippen LogP contribution in [0.3, 0.4) is 0 Å². The van der Waals surface area contributed by atoms with Crippen LogP contribution in [-0.2, 0) is 7.05 Å². The van der Waals surface area contributed by atoms with E-state index >= 15 is 0 Å². The lowest BCUT2D eigenvalue weighted by atomic mass is 9.74. The number of fused-ring (bicyclic) bond motifs is 3. The van der Waals surface area contributed by atoms with Gasteiger partial charge < -0.3 is 10.2 Å². The van der Waals surface area contributed by atoms with E-state index < -0.39 is 0 Å². The van der Waals surface area contributed by atoms with Crippen molar-refractivity contribution >= 4 is 0 Å². The van der Waals surface area contributed by atoms with Crippen molar-refractivity contribution in [3.63, 3.8) is 0 Å². The topological polar surface area (TPSA) is 60.2 Å². The molecule has 21 heavy (non-hydrogen) atoms. The molecule has 2 aromatic rings. The van der Waals surface area contributed by atoms with Gasteiger partial charge in [0.25, 0.3) is 0 Å². The normalized spacial score (nSPS) is 31.7. The number of nitrogens with zero attached hydrogens (tertiary/aromatic N) is 3. The molecule has 112 valence electrons. The smallest absolute Gasteiger partial charge is 0.154 e. The van der Waals surface area contributed by atoms with E-state index in [0.717, 1.165) is 30.5 Å². The summed E-state index contributed by atoms with van der Waals surface area (Å²) in [6, 6.07) is 6.65. The predicted molar refractivity (Wildman–Crippen MR) is 80.8 cm³/mol. The van der Waals surface area contributed by atoms with Gasteiger partial charge in [0, 0.05) is 37.8 Å². The maximum Gasteiger partial charge on any atom is 0.154 e. The van der Waals surface area contributed by atoms with Crippen LogP contribution in [0, 0.1) is 5.92 Å². The van der Waals surface area contributed by atoms with Crippen LogP contribution in [0.5, 0.6) is 0 Å². The van der Waals surface area contributed by atoms with E-state index in [9.17, 15) is 0 Å². The Hall–Kier alpha value is -1.59. The van der Waals surface area contributed by atoms with Gasteiger partial charge in [-0.2, -0.15) is 5.10 Å². The van der Waals surface area contributed by atoms with Crippen LogP contribution in [0.2, 0.25) is 0 Å². The molecule has 0 aliphatic carbocycles. The van der Waals surface area contributed by atoms with Gasteiger partial charge in [-0.25, -0.2) is 0 Å². The molecular formula is C16H22N4O. The van der Waals surface area contributed by atoms with Gasteiger partial charge >= 0.3 is 0 Å². The molecule has 5 nitrogen and oxygen atoms in total. The third-order valence-electron chi connectivity index (χ3n) is 5.22. The van der Waals surface area contributed by atoms with Gasteiger partial charge in [-0.3, -0.25) is 9.58 Å². The molecular weight excluding hydrogens is 264 g/mol. The van der Waals surface area contributed by atoms with Crippen molar-refractivity contribution < 1.29 is 4.42 Å². The minimum atomic E-state index is 0.572. The molecule has 0 saturated carbocycles. The van der Waals surface area contributed by atoms with Gasteiger partial charge in [0.1, 0.15) is 5.69 Å². The standard InChI is InChI=1S/C16H22N4O/c1-19-15(8-14(18-19)16-3-2-6-21-16)13-10-20-5-4-11(13)7-12(20)9-17/h2-3,6,8,11-13H,4-5,7,9-10,17H2,1H3/t11-,12+,13-/m0/s1. The molecule has 2 bridgehead atoms. The number of aromatic nitrogens is 2. The van der Waals surface area contributed by atoms with Crippen LogP contribution in [0.25, 0.3) is 11.5 Å². The number of piperidine rings is 3. The molecule has 3 aliphatic rings. The van der Waals surface area contributed by atoms with Crippen molar-refractivity contribution in [2.45, 2.75) is 24.8 Å². The van der Waals surface area contributed by atoms with Crippen LogP contribution < -0.4 is 5.73 Å². The fourth-order valence-corrected chi connectivity index (χ4v) is 4.09. The molecule has 3 fully saturated rings. The maximum atomic E-state index is 5.90. The Balaban J connectivity index is 1.63. The van der Waals surface area contributed by atoms with Crippen LogP contribution in [0.4, 0.5) is 0 Å². The average molecular weight is 286 g/mol. The first-order valence-corrected chi connectivity index (χ1v) is 7.78. The third-order valence-corrected chi connectivity index (χ3v) is 5.22. The molecule has 0 aromatic carbocycles. The first kappa shape index (κ1) is 13.1. The van der Waals surface area contributed by atoms with E-state index in [1.807, 2.05) is 23.9 Å². The lowest BCUT2D eigenvalue weighted by Gasteiger charge is -2.49. The minimum absolute atomic E-state index is 0.572. The van der Waals surface area contributed by atoms with Crippen molar-refractivity contribution in [1.82, 2.24) is 14.7 Å². The van der Waals surface area contributed by atoms with Gasteiger partial charge in [0.05, 0.1) is 6.26 Å². The van der Waals surface area contributed by atoms with E-state index in [4.69, 9.17) is 10.2 Å². The van der Waals surface area contributed by atoms with Crippen LogP contribution >= 0.6 is 0 Å². The molecule has 5 heteroatoms. The Kier molecular flexibility index (Phi) is 3.12. The largest absolute Gasteiger partial charge is 0.463 e. The van der Waals surface area contributed by atoms with E-state index in [2.05, 4.69) is 16.1 Å². The Morgan fingerprint density at radius 3 is 3.05 bits per heavy atom. The monoisotopic (exact) mass is 286 g/mol. The summed E-state index contributed by atoms with van der Waals surface area (Å²) in [6.07, 6.45) is 4.20. The summed E-state index contributed by atoms with van der Waals surface area (Å²) in [5.41, 5.74) is 8.16. The van der Waals surface area contributed by atoms with E-state index in [0.29, 0.717) is 12.0 Å². The van der Waals surface area contributed by atoms with Gasteiger partial charge in [0.15, 0.2) is 5.76 Å². The third kappa shape index (κ3) is 2.12. The molecule has 5 heterocycles. The first-order valence-electron chi connectivity index (χ1n) is 7.78. The van der Waals surface area contributed by atoms with Crippen molar-refractivity contribution in [1.29, 1.82) is 0 Å². The van der Waals surface area contributed by atoms with Crippen molar-refractivity contribution in [3.05, 3.63) is 30.2 Å². The van der Waals surface area contributed by atoms with E-state index in [1.165, 1.54) is 25.1 Å². The summed E-state index contributed by atoms with van der Waals surface area (Å²) in [5.74, 6) is 2.16. The Morgan fingerprint density at radius 2 is 2.38 bits per heavy atom. The van der Waals surface area contributed by atoms with Crippen LogP contribution in [0.15, 0.2) is 28.9 Å². The highest BCUT2D eigenvalue weighted by atomic mass is 16.3. The quantitative estimate of drug-likeness (QED) is 0.935. The minimum Gasteiger partial charge on any atom is -0.463 e. The highest BCUT2D eigenvalue weighted by molar-refractivity contribution is 5.52. The zero-order valence-corrected chi connectivity index (χ0v) is 12.4. The number of furan rings is 1. The van der Waals surface area contributed by atoms with Gasteiger partial charge in [-0.15, -0.1) is 0 Å². The molecule has 1 unspecified atom stereocenters. The van der Waals surface area contributed by atoms with Crippen LogP contribution in [0.1, 0.15) is 24.5 Å². The number of rotatable bonds is 3. The Bertz CT molecular complexity index is 618. The predicted octanol–water partition coefficient (Wildman–Crippen LogP) is 1.82. The van der Waals surface area contributed by atoms with Gasteiger partial charge in [0.2, 0.25) is 0 Å². The summed E-state index contributed by atoms with van der Waals surface area (Å²) in [5, 5.41) is 4.63. The molecule has 0 amide bonds. The number of aryl methyl sites for hydroxylation is 1. The van der Waals surface area contributed by atoms with Gasteiger partial charge in [-0.1, -0.05) is 0 Å². The highest BCUT2D eigenvalue weighted by Crippen LogP contribution is 2.42. The fraction of sp³-hybridized carbons (Fsp3) is 0.562. The molecule has 3 aliphatic heterocycles. The lowest BCUT2D eigenvalue weighted by Crippen LogP contribution is -2.55. The van der Waals surface area contributed by atoms with Crippen LogP contribution in [-0.4, -0.2) is 40.4 Å². The SMILES string of the molecule is Cn1nc(-c2ccco2)cc1[C@H]1CN2CC[C@H]1C[C@@H]2CN. The summed E-state index contributed by atoms with van der Waals surface area (Å²) in [4.78, 5) is 2.56. The highest BCUT2D eigenvalue weighted by Gasteiger charge is 2.41. The zero-order valence-electron chi connectivity index (χ0n) is 12.4. The van der Waals surface area contributed by atoms with E-state index in [1.54, 1.807) is 6.26 Å². The van der Waals surface area contributed by atoms with Crippen molar-refractivity contribution in [3.8, 4) is 11.5 Å². The first-order chi connectivity index (χ1) is 10.3. The molecule has 2 aromatic heterocycles. The van der Waals surface area contributed by atoms with E-state index in [-0.39, 0.29) is 0 Å². The Labute approximate surface area is 124 Å². The summed E-state index contributed by atoms with van der Waals surface area (Å²) < 4.78 is 7.50. The second kappa shape index (κ2) is 5.00. The molecule has 4 atom stereocenters. The Morgan fingerprint density at radius 1 is 1.48 bits per heavy atom. The summed E-state index contributed by atoms with van der Waals surface area (Å²) in [7, 11) is 2.04. The number of hydrogen-bond donors (Lipinski definition) is 1. The molecule has 3 saturated heterocycles. The molecule has 2 N–H and O–H groups in total. The second-order valence-electron chi connectivity index (χ2n) is 6.33. The number of nitrogens with two attached hydrogens (primary N) is 1. The zero-order chi connectivity index (χ0) is 14.4. The van der Waals surface area contributed by atoms with Crippen molar-refractivity contribution in [2.24, 2.45) is 18.7 Å². The maximum absolute atomic E-state index is 5.90. The number of hydrogen-bond acceptors (Lipinski definition) is 4. The summed E-state index contributed by atoms with van der Waals surface area (Å²) in [6.45, 7) is 3.10. The molecule has 0 spiro atoms. The molecule has 0 radical (unpaired) electrons.